The molecule has 0 aliphatic carbocycles. The number of ether oxygens (including phenoxy) is 2. The SMILES string of the molecule is FC(F)(F)c1cccc(CC2COC(NNC3=NC(Cc4ccccc4Cl)CO3)=N2)c1. The molecule has 0 aromatic heterocycles. The van der Waals surface area contributed by atoms with E-state index in [1.807, 2.05) is 24.3 Å². The first-order chi connectivity index (χ1) is 14.9. The molecule has 0 spiro atoms. The van der Waals surface area contributed by atoms with E-state index < -0.39 is 11.7 Å². The maximum atomic E-state index is 12.9. The van der Waals surface area contributed by atoms with Crippen molar-refractivity contribution in [2.45, 2.75) is 31.1 Å². The van der Waals surface area contributed by atoms with Crippen molar-refractivity contribution in [2.75, 3.05) is 13.2 Å². The summed E-state index contributed by atoms with van der Waals surface area (Å²) in [4.78, 5) is 8.80. The van der Waals surface area contributed by atoms with Crippen LogP contribution < -0.4 is 10.9 Å². The summed E-state index contributed by atoms with van der Waals surface area (Å²) in [6.45, 7) is 0.684. The number of hydrogen-bond acceptors (Lipinski definition) is 6. The molecular weight excluding hydrogens is 433 g/mol. The lowest BCUT2D eigenvalue weighted by molar-refractivity contribution is -0.137. The van der Waals surface area contributed by atoms with E-state index in [2.05, 4.69) is 20.8 Å². The molecule has 0 fully saturated rings. The smallest absolute Gasteiger partial charge is 0.416 e. The van der Waals surface area contributed by atoms with E-state index in [0.29, 0.717) is 36.1 Å². The van der Waals surface area contributed by atoms with Crippen LogP contribution in [0.4, 0.5) is 13.2 Å². The van der Waals surface area contributed by atoms with Crippen molar-refractivity contribution in [2.24, 2.45) is 9.98 Å². The highest BCUT2D eigenvalue weighted by molar-refractivity contribution is 6.31. The molecule has 164 valence electrons. The van der Waals surface area contributed by atoms with E-state index in [4.69, 9.17) is 21.1 Å². The Balaban J connectivity index is 1.28. The number of rotatable bonds is 4. The van der Waals surface area contributed by atoms with Gasteiger partial charge in [0.05, 0.1) is 17.6 Å². The number of halogens is 4. The lowest BCUT2D eigenvalue weighted by atomic mass is 10.0. The van der Waals surface area contributed by atoms with Gasteiger partial charge in [0.25, 0.3) is 0 Å². The summed E-state index contributed by atoms with van der Waals surface area (Å²) in [5.74, 6) is 0. The fraction of sp³-hybridized carbons (Fsp3) is 0.333. The maximum absolute atomic E-state index is 12.9. The van der Waals surface area contributed by atoms with Gasteiger partial charge in [-0.2, -0.15) is 13.2 Å². The van der Waals surface area contributed by atoms with Crippen LogP contribution in [0.5, 0.6) is 0 Å². The molecule has 2 atom stereocenters. The van der Waals surface area contributed by atoms with Crippen LogP contribution in [-0.4, -0.2) is 37.3 Å². The molecule has 2 heterocycles. The number of aliphatic imine (C=N–C) groups is 2. The van der Waals surface area contributed by atoms with E-state index in [1.165, 1.54) is 6.07 Å². The lowest BCUT2D eigenvalue weighted by Crippen LogP contribution is -2.41. The Morgan fingerprint density at radius 1 is 0.903 bits per heavy atom. The minimum atomic E-state index is -4.37. The minimum Gasteiger partial charge on any atom is -0.462 e. The number of hydrogen-bond donors (Lipinski definition) is 2. The van der Waals surface area contributed by atoms with E-state index in [-0.39, 0.29) is 24.7 Å². The van der Waals surface area contributed by atoms with Gasteiger partial charge in [-0.05, 0) is 36.1 Å². The van der Waals surface area contributed by atoms with Gasteiger partial charge >= 0.3 is 18.2 Å². The van der Waals surface area contributed by atoms with Gasteiger partial charge in [0.1, 0.15) is 13.2 Å². The molecule has 2 unspecified atom stereocenters. The molecule has 0 bridgehead atoms. The summed E-state index contributed by atoms with van der Waals surface area (Å²) >= 11 is 6.18. The van der Waals surface area contributed by atoms with Crippen LogP contribution in [0.15, 0.2) is 58.5 Å². The molecule has 0 amide bonds. The van der Waals surface area contributed by atoms with Gasteiger partial charge < -0.3 is 9.47 Å². The van der Waals surface area contributed by atoms with Crippen LogP contribution in [0.3, 0.4) is 0 Å². The Morgan fingerprint density at radius 3 is 2.19 bits per heavy atom. The Labute approximate surface area is 182 Å². The fourth-order valence-corrected chi connectivity index (χ4v) is 3.56. The highest BCUT2D eigenvalue weighted by Crippen LogP contribution is 2.30. The van der Waals surface area contributed by atoms with Crippen molar-refractivity contribution < 1.29 is 22.6 Å². The van der Waals surface area contributed by atoms with Gasteiger partial charge in [0.2, 0.25) is 0 Å². The molecule has 31 heavy (non-hydrogen) atoms. The summed E-state index contributed by atoms with van der Waals surface area (Å²) < 4.78 is 49.6. The molecule has 2 aromatic rings. The third kappa shape index (κ3) is 5.61. The molecular formula is C21H20ClF3N4O2. The molecule has 2 aromatic carbocycles. The highest BCUT2D eigenvalue weighted by Gasteiger charge is 2.31. The topological polar surface area (TPSA) is 67.2 Å². The number of amidine groups is 2. The fourth-order valence-electron chi connectivity index (χ4n) is 3.35. The number of nitrogens with zero attached hydrogens (tertiary/aromatic N) is 2. The van der Waals surface area contributed by atoms with E-state index >= 15 is 0 Å². The van der Waals surface area contributed by atoms with Crippen LogP contribution in [-0.2, 0) is 28.5 Å². The largest absolute Gasteiger partial charge is 0.462 e. The summed E-state index contributed by atoms with van der Waals surface area (Å²) in [6, 6.07) is 13.0. The molecule has 10 heteroatoms. The first-order valence-electron chi connectivity index (χ1n) is 9.69. The second kappa shape index (κ2) is 9.05. The van der Waals surface area contributed by atoms with Crippen LogP contribution in [0.1, 0.15) is 16.7 Å². The van der Waals surface area contributed by atoms with Gasteiger partial charge in [-0.3, -0.25) is 0 Å². The zero-order valence-electron chi connectivity index (χ0n) is 16.3. The predicted octanol–water partition coefficient (Wildman–Crippen LogP) is 3.75. The second-order valence-electron chi connectivity index (χ2n) is 7.25. The van der Waals surface area contributed by atoms with Crippen molar-refractivity contribution in [3.63, 3.8) is 0 Å². The summed E-state index contributed by atoms with van der Waals surface area (Å²) in [5, 5.41) is 0.692. The van der Waals surface area contributed by atoms with Gasteiger partial charge in [0.15, 0.2) is 0 Å². The van der Waals surface area contributed by atoms with Crippen LogP contribution in [0.25, 0.3) is 0 Å². The first kappa shape index (κ1) is 21.3. The van der Waals surface area contributed by atoms with Crippen molar-refractivity contribution in [3.8, 4) is 0 Å². The third-order valence-corrected chi connectivity index (χ3v) is 5.21. The van der Waals surface area contributed by atoms with Crippen molar-refractivity contribution >= 4 is 23.6 Å². The minimum absolute atomic E-state index is 0.0655. The average molecular weight is 453 g/mol. The predicted molar refractivity (Wildman–Crippen MR) is 111 cm³/mol. The lowest BCUT2D eigenvalue weighted by Gasteiger charge is -2.09. The van der Waals surface area contributed by atoms with Gasteiger partial charge in [0, 0.05) is 5.02 Å². The molecule has 6 nitrogen and oxygen atoms in total. The third-order valence-electron chi connectivity index (χ3n) is 4.84. The molecule has 0 saturated heterocycles. The monoisotopic (exact) mass is 452 g/mol. The molecule has 2 N–H and O–H groups in total. The summed E-state index contributed by atoms with van der Waals surface area (Å²) in [6.07, 6.45) is -3.37. The van der Waals surface area contributed by atoms with E-state index in [1.54, 1.807) is 6.07 Å². The van der Waals surface area contributed by atoms with E-state index in [0.717, 1.165) is 17.7 Å². The number of nitrogens with one attached hydrogen (secondary N) is 2. The quantitative estimate of drug-likeness (QED) is 0.693. The van der Waals surface area contributed by atoms with Gasteiger partial charge in [-0.15, -0.1) is 0 Å². The Hall–Kier alpha value is -2.94. The normalized spacial score (nSPS) is 20.5. The zero-order chi connectivity index (χ0) is 21.8. The molecule has 2 aliphatic rings. The average Bonchev–Trinajstić information content (AvgIpc) is 3.37. The Kier molecular flexibility index (Phi) is 6.22. The maximum Gasteiger partial charge on any atom is 0.416 e. The van der Waals surface area contributed by atoms with Crippen molar-refractivity contribution in [1.82, 2.24) is 10.9 Å². The Bertz CT molecular complexity index is 997. The second-order valence-corrected chi connectivity index (χ2v) is 7.65. The van der Waals surface area contributed by atoms with Crippen molar-refractivity contribution in [1.29, 1.82) is 0 Å². The molecule has 2 aliphatic heterocycles. The molecule has 0 radical (unpaired) electrons. The van der Waals surface area contributed by atoms with E-state index in [9.17, 15) is 13.2 Å². The highest BCUT2D eigenvalue weighted by atomic mass is 35.5. The van der Waals surface area contributed by atoms with Crippen LogP contribution in [0.2, 0.25) is 5.02 Å². The van der Waals surface area contributed by atoms with Crippen LogP contribution >= 0.6 is 11.6 Å². The first-order valence-corrected chi connectivity index (χ1v) is 10.1. The molecule has 0 saturated carbocycles. The zero-order valence-corrected chi connectivity index (χ0v) is 17.1. The van der Waals surface area contributed by atoms with Gasteiger partial charge in [-0.25, -0.2) is 20.8 Å². The summed E-state index contributed by atoms with van der Waals surface area (Å²) in [7, 11) is 0. The summed E-state index contributed by atoms with van der Waals surface area (Å²) in [5.41, 5.74) is 6.47. The standard InChI is InChI=1S/C21H20ClF3N4O2/c22-18-7-2-1-5-14(18)10-17-12-31-20(27-17)29-28-19-26-16(11-30-19)9-13-4-3-6-15(8-13)21(23,24)25/h1-8,16-17H,9-12H2,(H,26,28)(H,27,29). The number of hydrazine groups is 1. The van der Waals surface area contributed by atoms with Crippen LogP contribution in [0, 0.1) is 0 Å². The molecule has 4 rings (SSSR count). The van der Waals surface area contributed by atoms with Gasteiger partial charge in [-0.1, -0.05) is 48.0 Å². The number of benzene rings is 2. The Morgan fingerprint density at radius 2 is 1.55 bits per heavy atom. The van der Waals surface area contributed by atoms with Crippen molar-refractivity contribution in [3.05, 3.63) is 70.2 Å². The number of alkyl halides is 3.